The molecule has 0 fully saturated rings. The fourth-order valence-electron chi connectivity index (χ4n) is 1.34. The number of phenols is 1. The maximum atomic E-state index is 9.52. The van der Waals surface area contributed by atoms with Gasteiger partial charge in [-0.2, -0.15) is 0 Å². The highest BCUT2D eigenvalue weighted by molar-refractivity contribution is 5.38. The van der Waals surface area contributed by atoms with Crippen molar-refractivity contribution in [1.29, 1.82) is 0 Å². The summed E-state index contributed by atoms with van der Waals surface area (Å²) in [4.78, 5) is 0. The summed E-state index contributed by atoms with van der Waals surface area (Å²) in [5.74, 6) is 0.265. The summed E-state index contributed by atoms with van der Waals surface area (Å²) < 4.78 is 4.98. The minimum Gasteiger partial charge on any atom is -0.508 e. The highest BCUT2D eigenvalue weighted by Crippen LogP contribution is 2.23. The molecule has 0 saturated carbocycles. The molecule has 0 spiro atoms. The van der Waals surface area contributed by atoms with E-state index >= 15 is 0 Å². The van der Waals surface area contributed by atoms with Gasteiger partial charge in [0, 0.05) is 18.7 Å². The van der Waals surface area contributed by atoms with Gasteiger partial charge in [0.2, 0.25) is 0 Å². The Labute approximate surface area is 84.5 Å². The molecule has 0 aromatic heterocycles. The van der Waals surface area contributed by atoms with E-state index < -0.39 is 0 Å². The van der Waals surface area contributed by atoms with Crippen LogP contribution in [0.15, 0.2) is 18.2 Å². The second-order valence-corrected chi connectivity index (χ2v) is 3.42. The predicted octanol–water partition coefficient (Wildman–Crippen LogP) is 1.60. The van der Waals surface area contributed by atoms with E-state index in [1.54, 1.807) is 13.2 Å². The van der Waals surface area contributed by atoms with Gasteiger partial charge in [0.25, 0.3) is 0 Å². The van der Waals surface area contributed by atoms with Gasteiger partial charge in [-0.25, -0.2) is 0 Å². The summed E-state index contributed by atoms with van der Waals surface area (Å²) in [6, 6.07) is 5.36. The first-order chi connectivity index (χ1) is 6.65. The minimum absolute atomic E-state index is 0.141. The second-order valence-electron chi connectivity index (χ2n) is 3.42. The molecule has 0 aliphatic rings. The summed E-state index contributed by atoms with van der Waals surface area (Å²) >= 11 is 0. The summed E-state index contributed by atoms with van der Waals surface area (Å²) in [6.45, 7) is 2.54. The first-order valence-corrected chi connectivity index (χ1v) is 4.71. The molecule has 0 radical (unpaired) electrons. The summed E-state index contributed by atoms with van der Waals surface area (Å²) in [6.07, 6.45) is 0.844. The Kier molecular flexibility index (Phi) is 3.92. The average Bonchev–Trinajstić information content (AvgIpc) is 2.16. The van der Waals surface area contributed by atoms with Gasteiger partial charge in [-0.05, 0) is 25.0 Å². The third-order valence-electron chi connectivity index (χ3n) is 2.18. The van der Waals surface area contributed by atoms with E-state index in [1.165, 1.54) is 0 Å². The van der Waals surface area contributed by atoms with Gasteiger partial charge in [-0.15, -0.1) is 0 Å². The van der Waals surface area contributed by atoms with Crippen LogP contribution in [0.3, 0.4) is 0 Å². The molecule has 0 bridgehead atoms. The van der Waals surface area contributed by atoms with Crippen LogP contribution in [0, 0.1) is 0 Å². The Morgan fingerprint density at radius 1 is 1.50 bits per heavy atom. The van der Waals surface area contributed by atoms with E-state index in [-0.39, 0.29) is 11.8 Å². The molecule has 3 nitrogen and oxygen atoms in total. The van der Waals surface area contributed by atoms with Crippen LogP contribution < -0.4 is 5.73 Å². The largest absolute Gasteiger partial charge is 0.508 e. The molecule has 3 heteroatoms. The quantitative estimate of drug-likeness (QED) is 0.767. The first kappa shape index (κ1) is 11.0. The van der Waals surface area contributed by atoms with Gasteiger partial charge < -0.3 is 15.6 Å². The fraction of sp³-hybridized carbons (Fsp3) is 0.455. The Hall–Kier alpha value is -1.06. The van der Waals surface area contributed by atoms with Crippen molar-refractivity contribution in [2.24, 2.45) is 5.73 Å². The zero-order chi connectivity index (χ0) is 10.6. The Bertz CT molecular complexity index is 297. The standard InChI is InChI=1S/C11H17NO2/c1-8(12)10-7-9(5-6-14-2)3-4-11(10)13/h3-4,7-8,13H,5-6,12H2,1-2H3/t8-/m0/s1. The monoisotopic (exact) mass is 195 g/mol. The van der Waals surface area contributed by atoms with E-state index in [0.29, 0.717) is 6.61 Å². The lowest BCUT2D eigenvalue weighted by Gasteiger charge is -2.10. The van der Waals surface area contributed by atoms with E-state index in [9.17, 15) is 5.11 Å². The van der Waals surface area contributed by atoms with Crippen LogP contribution in [0.25, 0.3) is 0 Å². The molecular formula is C11H17NO2. The molecule has 1 atom stereocenters. The number of aromatic hydroxyl groups is 1. The Balaban J connectivity index is 2.83. The van der Waals surface area contributed by atoms with Crippen molar-refractivity contribution in [1.82, 2.24) is 0 Å². The summed E-state index contributed by atoms with van der Waals surface area (Å²) in [7, 11) is 1.67. The van der Waals surface area contributed by atoms with Gasteiger partial charge in [-0.3, -0.25) is 0 Å². The van der Waals surface area contributed by atoms with Gasteiger partial charge in [0.15, 0.2) is 0 Å². The molecule has 0 saturated heterocycles. The molecule has 78 valence electrons. The normalized spacial score (nSPS) is 12.8. The third kappa shape index (κ3) is 2.72. The van der Waals surface area contributed by atoms with E-state index in [1.807, 2.05) is 19.1 Å². The smallest absolute Gasteiger partial charge is 0.120 e. The number of rotatable bonds is 4. The van der Waals surface area contributed by atoms with Crippen LogP contribution in [0.1, 0.15) is 24.1 Å². The van der Waals surface area contributed by atoms with Crippen LogP contribution >= 0.6 is 0 Å². The lowest BCUT2D eigenvalue weighted by molar-refractivity contribution is 0.202. The molecule has 1 aromatic rings. The Morgan fingerprint density at radius 2 is 2.21 bits per heavy atom. The number of hydrogen-bond acceptors (Lipinski definition) is 3. The molecule has 3 N–H and O–H groups in total. The van der Waals surface area contributed by atoms with E-state index in [0.717, 1.165) is 17.5 Å². The maximum Gasteiger partial charge on any atom is 0.120 e. The highest BCUT2D eigenvalue weighted by atomic mass is 16.5. The van der Waals surface area contributed by atoms with E-state index in [4.69, 9.17) is 10.5 Å². The summed E-state index contributed by atoms with van der Waals surface area (Å²) in [5, 5.41) is 9.52. The zero-order valence-electron chi connectivity index (χ0n) is 8.66. The first-order valence-electron chi connectivity index (χ1n) is 4.71. The molecule has 0 aliphatic heterocycles. The van der Waals surface area contributed by atoms with Crippen LogP contribution in [0.2, 0.25) is 0 Å². The third-order valence-corrected chi connectivity index (χ3v) is 2.18. The van der Waals surface area contributed by atoms with Crippen molar-refractivity contribution in [3.8, 4) is 5.75 Å². The summed E-state index contributed by atoms with van der Waals surface area (Å²) in [5.41, 5.74) is 7.65. The van der Waals surface area contributed by atoms with Crippen LogP contribution in [-0.2, 0) is 11.2 Å². The number of benzene rings is 1. The average molecular weight is 195 g/mol. The van der Waals surface area contributed by atoms with Crippen molar-refractivity contribution in [2.75, 3.05) is 13.7 Å². The van der Waals surface area contributed by atoms with Crippen molar-refractivity contribution < 1.29 is 9.84 Å². The van der Waals surface area contributed by atoms with Crippen molar-refractivity contribution in [3.63, 3.8) is 0 Å². The van der Waals surface area contributed by atoms with Gasteiger partial charge in [0.1, 0.15) is 5.75 Å². The molecule has 0 amide bonds. The van der Waals surface area contributed by atoms with Gasteiger partial charge >= 0.3 is 0 Å². The zero-order valence-corrected chi connectivity index (χ0v) is 8.66. The van der Waals surface area contributed by atoms with Crippen LogP contribution in [0.4, 0.5) is 0 Å². The fourth-order valence-corrected chi connectivity index (χ4v) is 1.34. The molecule has 14 heavy (non-hydrogen) atoms. The Morgan fingerprint density at radius 3 is 2.79 bits per heavy atom. The highest BCUT2D eigenvalue weighted by Gasteiger charge is 2.06. The second kappa shape index (κ2) is 4.98. The number of phenolic OH excluding ortho intramolecular Hbond substituents is 1. The molecular weight excluding hydrogens is 178 g/mol. The maximum absolute atomic E-state index is 9.52. The number of methoxy groups -OCH3 is 1. The topological polar surface area (TPSA) is 55.5 Å². The molecule has 0 unspecified atom stereocenters. The number of ether oxygens (including phenoxy) is 1. The number of hydrogen-bond donors (Lipinski definition) is 2. The van der Waals surface area contributed by atoms with Crippen LogP contribution in [0.5, 0.6) is 5.75 Å². The SMILES string of the molecule is COCCc1ccc(O)c([C@H](C)N)c1. The van der Waals surface area contributed by atoms with Crippen LogP contribution in [-0.4, -0.2) is 18.8 Å². The van der Waals surface area contributed by atoms with Crippen molar-refractivity contribution in [2.45, 2.75) is 19.4 Å². The molecule has 1 aromatic carbocycles. The van der Waals surface area contributed by atoms with Crippen molar-refractivity contribution >= 4 is 0 Å². The van der Waals surface area contributed by atoms with Gasteiger partial charge in [0.05, 0.1) is 6.61 Å². The lowest BCUT2D eigenvalue weighted by Crippen LogP contribution is -2.06. The number of nitrogens with two attached hydrogens (primary N) is 1. The van der Waals surface area contributed by atoms with Gasteiger partial charge in [-0.1, -0.05) is 12.1 Å². The predicted molar refractivity (Wildman–Crippen MR) is 56.3 cm³/mol. The van der Waals surface area contributed by atoms with Crippen molar-refractivity contribution in [3.05, 3.63) is 29.3 Å². The molecule has 1 rings (SSSR count). The lowest BCUT2D eigenvalue weighted by atomic mass is 10.0. The molecule has 0 heterocycles. The minimum atomic E-state index is -0.141. The molecule has 0 aliphatic carbocycles. The van der Waals surface area contributed by atoms with E-state index in [2.05, 4.69) is 0 Å².